The highest BCUT2D eigenvalue weighted by atomic mass is 16.5. The van der Waals surface area contributed by atoms with Crippen LogP contribution in [0, 0.1) is 0 Å². The third-order valence-electron chi connectivity index (χ3n) is 2.76. The summed E-state index contributed by atoms with van der Waals surface area (Å²) in [7, 11) is 3.67. The molecule has 0 radical (unpaired) electrons. The second-order valence-electron chi connectivity index (χ2n) is 3.95. The molecule has 3 heteroatoms. The number of H-pyrrole nitrogens is 1. The van der Waals surface area contributed by atoms with Crippen molar-refractivity contribution in [2.75, 3.05) is 20.7 Å². The van der Waals surface area contributed by atoms with E-state index in [2.05, 4.69) is 22.4 Å². The van der Waals surface area contributed by atoms with Gasteiger partial charge in [0.05, 0.1) is 7.11 Å². The fourth-order valence-electron chi connectivity index (χ4n) is 1.88. The quantitative estimate of drug-likeness (QED) is 0.756. The molecule has 1 aromatic carbocycles. The van der Waals surface area contributed by atoms with Crippen molar-refractivity contribution in [2.24, 2.45) is 0 Å². The van der Waals surface area contributed by atoms with Crippen molar-refractivity contribution >= 4 is 10.9 Å². The fraction of sp³-hybridized carbons (Fsp3) is 0.385. The topological polar surface area (TPSA) is 37.0 Å². The second kappa shape index (κ2) is 5.03. The Kier molecular flexibility index (Phi) is 3.47. The van der Waals surface area contributed by atoms with Gasteiger partial charge < -0.3 is 15.0 Å². The molecular formula is C13H18N2O. The Morgan fingerprint density at radius 1 is 1.31 bits per heavy atom. The molecule has 3 nitrogen and oxygen atoms in total. The van der Waals surface area contributed by atoms with E-state index in [-0.39, 0.29) is 0 Å². The Morgan fingerprint density at radius 3 is 2.94 bits per heavy atom. The largest absolute Gasteiger partial charge is 0.497 e. The van der Waals surface area contributed by atoms with Crippen LogP contribution in [0.15, 0.2) is 24.3 Å². The predicted octanol–water partition coefficient (Wildman–Crippen LogP) is 2.33. The minimum absolute atomic E-state index is 0.899. The Labute approximate surface area is 95.8 Å². The SMILES string of the molecule is CNCCCc1cc2ccc(OC)cc2[nH]1. The van der Waals surface area contributed by atoms with Crippen molar-refractivity contribution in [3.63, 3.8) is 0 Å². The van der Waals surface area contributed by atoms with Gasteiger partial charge in [0.1, 0.15) is 5.75 Å². The molecule has 0 amide bonds. The number of nitrogens with one attached hydrogen (secondary N) is 2. The molecule has 1 aromatic heterocycles. The summed E-state index contributed by atoms with van der Waals surface area (Å²) in [5.74, 6) is 0.899. The van der Waals surface area contributed by atoms with Crippen LogP contribution >= 0.6 is 0 Å². The van der Waals surface area contributed by atoms with Gasteiger partial charge in [-0.15, -0.1) is 0 Å². The van der Waals surface area contributed by atoms with Crippen molar-refractivity contribution in [2.45, 2.75) is 12.8 Å². The number of ether oxygens (including phenoxy) is 1. The number of aryl methyl sites for hydroxylation is 1. The van der Waals surface area contributed by atoms with Crippen LogP contribution in [0.25, 0.3) is 10.9 Å². The molecule has 0 aliphatic carbocycles. The lowest BCUT2D eigenvalue weighted by Crippen LogP contribution is -2.08. The number of hydrogen-bond acceptors (Lipinski definition) is 2. The van der Waals surface area contributed by atoms with Gasteiger partial charge in [0.15, 0.2) is 0 Å². The van der Waals surface area contributed by atoms with Crippen molar-refractivity contribution in [1.82, 2.24) is 10.3 Å². The van der Waals surface area contributed by atoms with Crippen molar-refractivity contribution < 1.29 is 4.74 Å². The number of benzene rings is 1. The molecule has 0 fully saturated rings. The van der Waals surface area contributed by atoms with Gasteiger partial charge in [0, 0.05) is 17.3 Å². The Hall–Kier alpha value is -1.48. The van der Waals surface area contributed by atoms with E-state index < -0.39 is 0 Å². The number of rotatable bonds is 5. The van der Waals surface area contributed by atoms with Crippen LogP contribution in [0.4, 0.5) is 0 Å². The lowest BCUT2D eigenvalue weighted by molar-refractivity contribution is 0.415. The van der Waals surface area contributed by atoms with Gasteiger partial charge in [-0.05, 0) is 50.0 Å². The van der Waals surface area contributed by atoms with Crippen LogP contribution in [0.3, 0.4) is 0 Å². The summed E-state index contributed by atoms with van der Waals surface area (Å²) in [6.07, 6.45) is 2.23. The van der Waals surface area contributed by atoms with Crippen LogP contribution in [0.2, 0.25) is 0 Å². The summed E-state index contributed by atoms with van der Waals surface area (Å²) in [6, 6.07) is 8.33. The van der Waals surface area contributed by atoms with Crippen LogP contribution in [0.5, 0.6) is 5.75 Å². The first-order chi connectivity index (χ1) is 7.83. The molecule has 2 rings (SSSR count). The van der Waals surface area contributed by atoms with E-state index in [0.717, 1.165) is 30.7 Å². The smallest absolute Gasteiger partial charge is 0.120 e. The zero-order valence-corrected chi connectivity index (χ0v) is 9.84. The first-order valence-electron chi connectivity index (χ1n) is 5.63. The van der Waals surface area contributed by atoms with E-state index in [0.29, 0.717) is 0 Å². The third-order valence-corrected chi connectivity index (χ3v) is 2.76. The van der Waals surface area contributed by atoms with Gasteiger partial charge in [-0.1, -0.05) is 0 Å². The third kappa shape index (κ3) is 2.36. The lowest BCUT2D eigenvalue weighted by Gasteiger charge is -1.98. The highest BCUT2D eigenvalue weighted by Crippen LogP contribution is 2.21. The molecular weight excluding hydrogens is 200 g/mol. The van der Waals surface area contributed by atoms with Crippen molar-refractivity contribution in [3.8, 4) is 5.75 Å². The van der Waals surface area contributed by atoms with Gasteiger partial charge in [0.2, 0.25) is 0 Å². The summed E-state index contributed by atoms with van der Waals surface area (Å²) < 4.78 is 5.20. The van der Waals surface area contributed by atoms with Crippen molar-refractivity contribution in [1.29, 1.82) is 0 Å². The van der Waals surface area contributed by atoms with Crippen LogP contribution in [0.1, 0.15) is 12.1 Å². The molecule has 0 saturated carbocycles. The monoisotopic (exact) mass is 218 g/mol. The summed E-state index contributed by atoms with van der Waals surface area (Å²) >= 11 is 0. The molecule has 0 unspecified atom stereocenters. The maximum Gasteiger partial charge on any atom is 0.120 e. The van der Waals surface area contributed by atoms with Gasteiger partial charge >= 0.3 is 0 Å². The van der Waals surface area contributed by atoms with E-state index in [1.54, 1.807) is 7.11 Å². The number of methoxy groups -OCH3 is 1. The van der Waals surface area contributed by atoms with E-state index in [4.69, 9.17) is 4.74 Å². The molecule has 86 valence electrons. The maximum absolute atomic E-state index is 5.20. The molecule has 16 heavy (non-hydrogen) atoms. The summed E-state index contributed by atoms with van der Waals surface area (Å²) in [5.41, 5.74) is 2.44. The average molecular weight is 218 g/mol. The Balaban J connectivity index is 2.16. The molecule has 0 aliphatic heterocycles. The zero-order valence-electron chi connectivity index (χ0n) is 9.84. The molecule has 0 atom stereocenters. The molecule has 2 aromatic rings. The molecule has 0 saturated heterocycles. The average Bonchev–Trinajstić information content (AvgIpc) is 2.70. The van der Waals surface area contributed by atoms with Gasteiger partial charge in [0.25, 0.3) is 0 Å². The maximum atomic E-state index is 5.20. The minimum Gasteiger partial charge on any atom is -0.497 e. The first-order valence-corrected chi connectivity index (χ1v) is 5.63. The highest BCUT2D eigenvalue weighted by molar-refractivity contribution is 5.81. The summed E-state index contributed by atoms with van der Waals surface area (Å²) in [4.78, 5) is 3.42. The number of aromatic amines is 1. The van der Waals surface area contributed by atoms with Crippen LogP contribution in [-0.2, 0) is 6.42 Å². The second-order valence-corrected chi connectivity index (χ2v) is 3.95. The van der Waals surface area contributed by atoms with Crippen LogP contribution < -0.4 is 10.1 Å². The van der Waals surface area contributed by atoms with E-state index in [1.165, 1.54) is 11.1 Å². The Bertz CT molecular complexity index is 462. The van der Waals surface area contributed by atoms with E-state index in [9.17, 15) is 0 Å². The zero-order chi connectivity index (χ0) is 11.4. The van der Waals surface area contributed by atoms with Gasteiger partial charge in [-0.25, -0.2) is 0 Å². The minimum atomic E-state index is 0.899. The first kappa shape index (κ1) is 11.0. The standard InChI is InChI=1S/C13H18N2O/c1-14-7-3-4-11-8-10-5-6-12(16-2)9-13(10)15-11/h5-6,8-9,14-15H,3-4,7H2,1-2H3. The number of hydrogen-bond donors (Lipinski definition) is 2. The van der Waals surface area contributed by atoms with Gasteiger partial charge in [-0.2, -0.15) is 0 Å². The highest BCUT2D eigenvalue weighted by Gasteiger charge is 2.01. The van der Waals surface area contributed by atoms with Gasteiger partial charge in [-0.3, -0.25) is 0 Å². The molecule has 2 N–H and O–H groups in total. The lowest BCUT2D eigenvalue weighted by atomic mass is 10.2. The normalized spacial score (nSPS) is 10.9. The van der Waals surface area contributed by atoms with E-state index >= 15 is 0 Å². The molecule has 1 heterocycles. The fourth-order valence-corrected chi connectivity index (χ4v) is 1.88. The molecule has 0 spiro atoms. The number of fused-ring (bicyclic) bond motifs is 1. The molecule has 0 bridgehead atoms. The summed E-state index contributed by atoms with van der Waals surface area (Å²) in [5, 5.41) is 4.41. The molecule has 0 aliphatic rings. The van der Waals surface area contributed by atoms with Crippen LogP contribution in [-0.4, -0.2) is 25.7 Å². The summed E-state index contributed by atoms with van der Waals surface area (Å²) in [6.45, 7) is 1.05. The van der Waals surface area contributed by atoms with E-state index in [1.807, 2.05) is 19.2 Å². The predicted molar refractivity (Wildman–Crippen MR) is 67.1 cm³/mol. The van der Waals surface area contributed by atoms with Crippen molar-refractivity contribution in [3.05, 3.63) is 30.0 Å². The number of aromatic nitrogens is 1. The Morgan fingerprint density at radius 2 is 2.19 bits per heavy atom.